The Morgan fingerprint density at radius 2 is 1.87 bits per heavy atom. The van der Waals surface area contributed by atoms with Crippen molar-refractivity contribution >= 4 is 26.7 Å². The van der Waals surface area contributed by atoms with Crippen LogP contribution in [0, 0.1) is 11.3 Å². The smallest absolute Gasteiger partial charge is 0.213 e. The fourth-order valence-corrected chi connectivity index (χ4v) is 5.63. The number of nitriles is 1. The van der Waals surface area contributed by atoms with Crippen molar-refractivity contribution in [2.45, 2.75) is 44.7 Å². The molecule has 0 radical (unpaired) electrons. The number of fused-ring (bicyclic) bond motifs is 1. The zero-order chi connectivity index (χ0) is 21.1. The van der Waals surface area contributed by atoms with Crippen LogP contribution in [0.15, 0.2) is 24.5 Å². The van der Waals surface area contributed by atoms with Crippen LogP contribution in [-0.4, -0.2) is 71.6 Å². The van der Waals surface area contributed by atoms with Crippen molar-refractivity contribution in [3.8, 4) is 6.07 Å². The van der Waals surface area contributed by atoms with Gasteiger partial charge in [0.15, 0.2) is 0 Å². The summed E-state index contributed by atoms with van der Waals surface area (Å²) in [6.45, 7) is 4.54. The monoisotopic (exact) mass is 428 g/mol. The van der Waals surface area contributed by atoms with Gasteiger partial charge >= 0.3 is 0 Å². The fraction of sp³-hybridized carbons (Fsp3) is 0.571. The van der Waals surface area contributed by atoms with E-state index >= 15 is 0 Å². The molecule has 0 atom stereocenters. The lowest BCUT2D eigenvalue weighted by molar-refractivity contribution is 0.109. The number of aromatic nitrogens is 2. The number of rotatable bonds is 5. The van der Waals surface area contributed by atoms with E-state index in [1.807, 2.05) is 12.1 Å². The first kappa shape index (κ1) is 21.0. The van der Waals surface area contributed by atoms with Gasteiger partial charge in [0, 0.05) is 43.6 Å². The summed E-state index contributed by atoms with van der Waals surface area (Å²) >= 11 is 0. The van der Waals surface area contributed by atoms with Crippen LogP contribution in [0.1, 0.15) is 38.2 Å². The second-order valence-electron chi connectivity index (χ2n) is 8.05. The predicted octanol–water partition coefficient (Wildman–Crippen LogP) is 2.19. The molecule has 1 aliphatic carbocycles. The summed E-state index contributed by atoms with van der Waals surface area (Å²) in [5.41, 5.74) is 1.44. The maximum Gasteiger partial charge on any atom is 0.213 e. The molecule has 0 bridgehead atoms. The number of benzene rings is 1. The molecule has 1 saturated carbocycles. The SMILES string of the molecule is CCS(=O)(=O)N1CCN(C2CCC(Nc3ncnc4ccc(C#N)cc34)CC2)CC1. The fourth-order valence-electron chi connectivity index (χ4n) is 4.55. The number of anilines is 1. The van der Waals surface area contributed by atoms with E-state index in [-0.39, 0.29) is 5.75 Å². The van der Waals surface area contributed by atoms with Gasteiger partial charge in [-0.25, -0.2) is 18.4 Å². The molecular formula is C21H28N6O2S. The quantitative estimate of drug-likeness (QED) is 0.779. The largest absolute Gasteiger partial charge is 0.367 e. The molecule has 4 rings (SSSR count). The number of sulfonamides is 1. The lowest BCUT2D eigenvalue weighted by Crippen LogP contribution is -2.53. The van der Waals surface area contributed by atoms with Crippen molar-refractivity contribution in [1.29, 1.82) is 5.26 Å². The van der Waals surface area contributed by atoms with Crippen LogP contribution in [0.25, 0.3) is 10.9 Å². The highest BCUT2D eigenvalue weighted by Crippen LogP contribution is 2.28. The molecule has 1 N–H and O–H groups in total. The van der Waals surface area contributed by atoms with Crippen molar-refractivity contribution in [3.05, 3.63) is 30.1 Å². The average Bonchev–Trinajstić information content (AvgIpc) is 2.79. The second-order valence-corrected chi connectivity index (χ2v) is 10.3. The highest BCUT2D eigenvalue weighted by molar-refractivity contribution is 7.89. The molecule has 9 heteroatoms. The third-order valence-electron chi connectivity index (χ3n) is 6.35. The predicted molar refractivity (Wildman–Crippen MR) is 117 cm³/mol. The Morgan fingerprint density at radius 1 is 1.13 bits per heavy atom. The molecule has 8 nitrogen and oxygen atoms in total. The van der Waals surface area contributed by atoms with Crippen LogP contribution in [-0.2, 0) is 10.0 Å². The molecule has 2 aliphatic rings. The lowest BCUT2D eigenvalue weighted by atomic mass is 9.89. The Morgan fingerprint density at radius 3 is 2.53 bits per heavy atom. The molecule has 0 spiro atoms. The number of hydrogen-bond donors (Lipinski definition) is 1. The molecule has 1 aromatic heterocycles. The molecule has 1 saturated heterocycles. The van der Waals surface area contributed by atoms with Crippen LogP contribution in [0.4, 0.5) is 5.82 Å². The maximum absolute atomic E-state index is 12.1. The minimum Gasteiger partial charge on any atom is -0.367 e. The third-order valence-corrected chi connectivity index (χ3v) is 8.23. The number of nitrogens with one attached hydrogen (secondary N) is 1. The Labute approximate surface area is 178 Å². The Hall–Kier alpha value is -2.28. The van der Waals surface area contributed by atoms with E-state index in [9.17, 15) is 13.7 Å². The number of piperazine rings is 1. The first-order chi connectivity index (χ1) is 14.5. The molecule has 30 heavy (non-hydrogen) atoms. The molecule has 0 unspecified atom stereocenters. The van der Waals surface area contributed by atoms with Crippen LogP contribution >= 0.6 is 0 Å². The standard InChI is InChI=1S/C21H28N6O2S/c1-2-30(28,29)27-11-9-26(10-12-27)18-6-4-17(5-7-18)25-21-19-13-16(14-22)3-8-20(19)23-15-24-21/h3,8,13,15,17-18H,2,4-7,9-12H2,1H3,(H,23,24,25). The van der Waals surface area contributed by atoms with Gasteiger partial charge in [-0.2, -0.15) is 9.57 Å². The molecule has 160 valence electrons. The van der Waals surface area contributed by atoms with Gasteiger partial charge in [-0.15, -0.1) is 0 Å². The van der Waals surface area contributed by atoms with E-state index < -0.39 is 10.0 Å². The highest BCUT2D eigenvalue weighted by Gasteiger charge is 2.31. The average molecular weight is 429 g/mol. The zero-order valence-electron chi connectivity index (χ0n) is 17.3. The number of nitrogens with zero attached hydrogens (tertiary/aromatic N) is 5. The first-order valence-corrected chi connectivity index (χ1v) is 12.2. The van der Waals surface area contributed by atoms with E-state index in [1.165, 1.54) is 0 Å². The first-order valence-electron chi connectivity index (χ1n) is 10.6. The summed E-state index contributed by atoms with van der Waals surface area (Å²) in [5, 5.41) is 13.6. The lowest BCUT2D eigenvalue weighted by Gasteiger charge is -2.41. The van der Waals surface area contributed by atoms with E-state index in [2.05, 4.69) is 26.3 Å². The van der Waals surface area contributed by atoms with Gasteiger partial charge in [0.2, 0.25) is 10.0 Å². The van der Waals surface area contributed by atoms with Gasteiger partial charge in [0.05, 0.1) is 22.9 Å². The molecule has 1 aliphatic heterocycles. The Bertz CT molecular complexity index is 1040. The van der Waals surface area contributed by atoms with Gasteiger partial charge in [0.1, 0.15) is 12.1 Å². The molecule has 0 amide bonds. The van der Waals surface area contributed by atoms with Crippen LogP contribution in [0.2, 0.25) is 0 Å². The summed E-state index contributed by atoms with van der Waals surface area (Å²) in [4.78, 5) is 11.2. The van der Waals surface area contributed by atoms with E-state index in [0.29, 0.717) is 30.7 Å². The van der Waals surface area contributed by atoms with E-state index in [0.717, 1.165) is 55.5 Å². The molecule has 2 heterocycles. The molecule has 2 fully saturated rings. The molecule has 2 aromatic rings. The third kappa shape index (κ3) is 4.41. The van der Waals surface area contributed by atoms with Crippen molar-refractivity contribution < 1.29 is 8.42 Å². The van der Waals surface area contributed by atoms with Gasteiger partial charge in [-0.1, -0.05) is 0 Å². The van der Waals surface area contributed by atoms with E-state index in [4.69, 9.17) is 0 Å². The minimum atomic E-state index is -3.08. The highest BCUT2D eigenvalue weighted by atomic mass is 32.2. The summed E-state index contributed by atoms with van der Waals surface area (Å²) in [6.07, 6.45) is 5.82. The van der Waals surface area contributed by atoms with Gasteiger partial charge in [0.25, 0.3) is 0 Å². The van der Waals surface area contributed by atoms with Crippen molar-refractivity contribution in [1.82, 2.24) is 19.2 Å². The Balaban J connectivity index is 1.34. The number of hydrogen-bond acceptors (Lipinski definition) is 7. The van der Waals surface area contributed by atoms with Crippen LogP contribution in [0.3, 0.4) is 0 Å². The normalized spacial score (nSPS) is 23.9. The topological polar surface area (TPSA) is 102 Å². The van der Waals surface area contributed by atoms with Gasteiger partial charge in [-0.05, 0) is 50.8 Å². The summed E-state index contributed by atoms with van der Waals surface area (Å²) in [7, 11) is -3.08. The van der Waals surface area contributed by atoms with E-state index in [1.54, 1.807) is 23.6 Å². The van der Waals surface area contributed by atoms with Crippen molar-refractivity contribution in [2.75, 3.05) is 37.2 Å². The van der Waals surface area contributed by atoms with Crippen molar-refractivity contribution in [3.63, 3.8) is 0 Å². The van der Waals surface area contributed by atoms with Gasteiger partial charge < -0.3 is 5.32 Å². The Kier molecular flexibility index (Phi) is 6.18. The van der Waals surface area contributed by atoms with Crippen molar-refractivity contribution in [2.24, 2.45) is 0 Å². The van der Waals surface area contributed by atoms with Crippen LogP contribution < -0.4 is 5.32 Å². The summed E-state index contributed by atoms with van der Waals surface area (Å²) in [5.74, 6) is 0.969. The van der Waals surface area contributed by atoms with Crippen LogP contribution in [0.5, 0.6) is 0 Å². The zero-order valence-corrected chi connectivity index (χ0v) is 18.1. The minimum absolute atomic E-state index is 0.178. The summed E-state index contributed by atoms with van der Waals surface area (Å²) in [6, 6.07) is 8.50. The molecular weight excluding hydrogens is 400 g/mol. The maximum atomic E-state index is 12.1. The molecule has 1 aromatic carbocycles. The van der Waals surface area contributed by atoms with Gasteiger partial charge in [-0.3, -0.25) is 4.90 Å². The summed E-state index contributed by atoms with van der Waals surface area (Å²) < 4.78 is 25.7. The second kappa shape index (κ2) is 8.84.